The number of carbonyl (C=O) groups is 2. The SMILES string of the molecule is C[C@@H](NC(=O)c1ccccc1NC(=O)CCc1ncc(-c2ccccc2F)o1)c1ccccc1. The van der Waals surface area contributed by atoms with Crippen LogP contribution in [0.5, 0.6) is 0 Å². The largest absolute Gasteiger partial charge is 0.441 e. The molecule has 0 spiro atoms. The second kappa shape index (κ2) is 10.6. The Labute approximate surface area is 196 Å². The van der Waals surface area contributed by atoms with Crippen LogP contribution in [-0.4, -0.2) is 16.8 Å². The van der Waals surface area contributed by atoms with Crippen molar-refractivity contribution >= 4 is 17.5 Å². The zero-order valence-electron chi connectivity index (χ0n) is 18.6. The molecule has 0 aliphatic heterocycles. The highest BCUT2D eigenvalue weighted by Gasteiger charge is 2.17. The number of para-hydroxylation sites is 1. The first kappa shape index (κ1) is 22.9. The fourth-order valence-electron chi connectivity index (χ4n) is 3.53. The predicted octanol–water partition coefficient (Wildman–Crippen LogP) is 5.54. The summed E-state index contributed by atoms with van der Waals surface area (Å²) in [6, 6.07) is 22.6. The molecular weight excluding hydrogens is 433 g/mol. The van der Waals surface area contributed by atoms with Crippen LogP contribution in [0.1, 0.15) is 41.2 Å². The molecule has 4 rings (SSSR count). The average Bonchev–Trinajstić information content (AvgIpc) is 3.32. The number of oxazole rings is 1. The molecule has 2 N–H and O–H groups in total. The minimum Gasteiger partial charge on any atom is -0.441 e. The predicted molar refractivity (Wildman–Crippen MR) is 128 cm³/mol. The van der Waals surface area contributed by atoms with Crippen molar-refractivity contribution in [2.24, 2.45) is 0 Å². The molecule has 0 unspecified atom stereocenters. The van der Waals surface area contributed by atoms with E-state index in [4.69, 9.17) is 4.42 Å². The topological polar surface area (TPSA) is 84.2 Å². The number of nitrogens with zero attached hydrogens (tertiary/aromatic N) is 1. The first-order valence-electron chi connectivity index (χ1n) is 11.0. The lowest BCUT2D eigenvalue weighted by Gasteiger charge is -2.16. The van der Waals surface area contributed by atoms with Gasteiger partial charge in [0.2, 0.25) is 5.91 Å². The summed E-state index contributed by atoms with van der Waals surface area (Å²) in [4.78, 5) is 29.6. The average molecular weight is 458 g/mol. The molecule has 1 atom stereocenters. The van der Waals surface area contributed by atoms with Gasteiger partial charge in [0.1, 0.15) is 5.82 Å². The smallest absolute Gasteiger partial charge is 0.253 e. The maximum Gasteiger partial charge on any atom is 0.253 e. The first-order chi connectivity index (χ1) is 16.5. The molecule has 0 aliphatic rings. The molecule has 34 heavy (non-hydrogen) atoms. The van der Waals surface area contributed by atoms with Gasteiger partial charge in [-0.1, -0.05) is 54.6 Å². The van der Waals surface area contributed by atoms with E-state index in [1.165, 1.54) is 12.3 Å². The Kier molecular flexibility index (Phi) is 7.13. The first-order valence-corrected chi connectivity index (χ1v) is 11.0. The highest BCUT2D eigenvalue weighted by Crippen LogP contribution is 2.24. The van der Waals surface area contributed by atoms with Crippen molar-refractivity contribution in [1.82, 2.24) is 10.3 Å². The summed E-state index contributed by atoms with van der Waals surface area (Å²) in [5.74, 6) is -0.338. The van der Waals surface area contributed by atoms with Gasteiger partial charge < -0.3 is 15.1 Å². The number of rotatable bonds is 8. The molecule has 172 valence electrons. The third-order valence-electron chi connectivity index (χ3n) is 5.35. The minimum atomic E-state index is -0.403. The van der Waals surface area contributed by atoms with E-state index < -0.39 is 5.82 Å². The molecule has 6 nitrogen and oxygen atoms in total. The molecule has 1 aromatic heterocycles. The summed E-state index contributed by atoms with van der Waals surface area (Å²) in [6.07, 6.45) is 1.77. The van der Waals surface area contributed by atoms with Crippen molar-refractivity contribution in [3.05, 3.63) is 108 Å². The van der Waals surface area contributed by atoms with E-state index in [0.29, 0.717) is 28.5 Å². The normalized spacial score (nSPS) is 11.6. The zero-order valence-corrected chi connectivity index (χ0v) is 18.6. The van der Waals surface area contributed by atoms with Crippen molar-refractivity contribution in [1.29, 1.82) is 0 Å². The number of anilines is 1. The van der Waals surface area contributed by atoms with Crippen LogP contribution in [0.25, 0.3) is 11.3 Å². The highest BCUT2D eigenvalue weighted by molar-refractivity contribution is 6.03. The Morgan fingerprint density at radius 3 is 2.47 bits per heavy atom. The standard InChI is InChI=1S/C27H24FN3O3/c1-18(19-9-3-2-4-10-19)30-27(33)21-12-6-8-14-23(21)31-25(32)15-16-26-29-17-24(34-26)20-11-5-7-13-22(20)28/h2-14,17-18H,15-16H2,1H3,(H,30,33)(H,31,32)/t18-/m1/s1. The van der Waals surface area contributed by atoms with Crippen LogP contribution in [-0.2, 0) is 11.2 Å². The Bertz CT molecular complexity index is 1290. The molecule has 0 saturated heterocycles. The third kappa shape index (κ3) is 5.56. The van der Waals surface area contributed by atoms with Gasteiger partial charge in [-0.3, -0.25) is 9.59 Å². The summed E-state index contributed by atoms with van der Waals surface area (Å²) >= 11 is 0. The highest BCUT2D eigenvalue weighted by atomic mass is 19.1. The van der Waals surface area contributed by atoms with Gasteiger partial charge in [-0.05, 0) is 36.8 Å². The van der Waals surface area contributed by atoms with Crippen molar-refractivity contribution in [2.75, 3.05) is 5.32 Å². The number of aromatic nitrogens is 1. The number of nitrogens with one attached hydrogen (secondary N) is 2. The van der Waals surface area contributed by atoms with Gasteiger partial charge in [0.25, 0.3) is 5.91 Å². The van der Waals surface area contributed by atoms with E-state index in [1.54, 1.807) is 42.5 Å². The fourth-order valence-corrected chi connectivity index (χ4v) is 3.53. The number of hydrogen-bond donors (Lipinski definition) is 2. The van der Waals surface area contributed by atoms with Crippen molar-refractivity contribution in [3.63, 3.8) is 0 Å². The molecule has 0 aliphatic carbocycles. The Balaban J connectivity index is 1.37. The van der Waals surface area contributed by atoms with E-state index >= 15 is 0 Å². The van der Waals surface area contributed by atoms with Gasteiger partial charge in [-0.15, -0.1) is 0 Å². The zero-order chi connectivity index (χ0) is 23.9. The number of aryl methyl sites for hydroxylation is 1. The molecule has 2 amide bonds. The monoisotopic (exact) mass is 457 g/mol. The maximum absolute atomic E-state index is 13.9. The van der Waals surface area contributed by atoms with Crippen LogP contribution >= 0.6 is 0 Å². The van der Waals surface area contributed by atoms with Crippen LogP contribution in [0.4, 0.5) is 10.1 Å². The molecule has 7 heteroatoms. The summed E-state index contributed by atoms with van der Waals surface area (Å²) in [5, 5.41) is 5.75. The number of hydrogen-bond acceptors (Lipinski definition) is 4. The molecule has 0 bridgehead atoms. The lowest BCUT2D eigenvalue weighted by atomic mass is 10.1. The van der Waals surface area contributed by atoms with Crippen LogP contribution in [0.2, 0.25) is 0 Å². The molecule has 0 fully saturated rings. The van der Waals surface area contributed by atoms with Crippen molar-refractivity contribution in [2.45, 2.75) is 25.8 Å². The Morgan fingerprint density at radius 1 is 0.971 bits per heavy atom. The van der Waals surface area contributed by atoms with Gasteiger partial charge in [0.15, 0.2) is 11.7 Å². The summed E-state index contributed by atoms with van der Waals surface area (Å²) < 4.78 is 19.5. The van der Waals surface area contributed by atoms with Gasteiger partial charge in [-0.2, -0.15) is 0 Å². The number of halogens is 1. The quantitative estimate of drug-likeness (QED) is 0.364. The molecule has 0 radical (unpaired) electrons. The second-order valence-corrected chi connectivity index (χ2v) is 7.80. The summed E-state index contributed by atoms with van der Waals surface area (Å²) in [7, 11) is 0. The molecular formula is C27H24FN3O3. The third-order valence-corrected chi connectivity index (χ3v) is 5.35. The Hall–Kier alpha value is -4.26. The van der Waals surface area contributed by atoms with Crippen molar-refractivity contribution in [3.8, 4) is 11.3 Å². The van der Waals surface area contributed by atoms with Crippen LogP contribution in [0, 0.1) is 5.82 Å². The minimum absolute atomic E-state index is 0.0909. The van der Waals surface area contributed by atoms with Crippen LogP contribution < -0.4 is 10.6 Å². The summed E-state index contributed by atoms with van der Waals surface area (Å²) in [6.45, 7) is 1.90. The van der Waals surface area contributed by atoms with E-state index in [0.717, 1.165) is 5.56 Å². The van der Waals surface area contributed by atoms with Crippen LogP contribution in [0.3, 0.4) is 0 Å². The number of carbonyl (C=O) groups excluding carboxylic acids is 2. The summed E-state index contributed by atoms with van der Waals surface area (Å²) in [5.41, 5.74) is 2.09. The second-order valence-electron chi connectivity index (χ2n) is 7.80. The van der Waals surface area contributed by atoms with E-state index in [9.17, 15) is 14.0 Å². The van der Waals surface area contributed by atoms with Crippen LogP contribution in [0.15, 0.2) is 89.5 Å². The molecule has 3 aromatic carbocycles. The lowest BCUT2D eigenvalue weighted by Crippen LogP contribution is -2.28. The van der Waals surface area contributed by atoms with Gasteiger partial charge >= 0.3 is 0 Å². The number of benzene rings is 3. The van der Waals surface area contributed by atoms with E-state index in [2.05, 4.69) is 15.6 Å². The van der Waals surface area contributed by atoms with Gasteiger partial charge in [0.05, 0.1) is 29.1 Å². The van der Waals surface area contributed by atoms with Gasteiger partial charge in [-0.25, -0.2) is 9.37 Å². The van der Waals surface area contributed by atoms with E-state index in [-0.39, 0.29) is 30.7 Å². The molecule has 1 heterocycles. The van der Waals surface area contributed by atoms with Crippen molar-refractivity contribution < 1.29 is 18.4 Å². The number of amides is 2. The fraction of sp³-hybridized carbons (Fsp3) is 0.148. The Morgan fingerprint density at radius 2 is 1.68 bits per heavy atom. The molecule has 4 aromatic rings. The van der Waals surface area contributed by atoms with Gasteiger partial charge in [0, 0.05) is 12.8 Å². The maximum atomic E-state index is 13.9. The molecule has 0 saturated carbocycles. The lowest BCUT2D eigenvalue weighted by molar-refractivity contribution is -0.116. The van der Waals surface area contributed by atoms with E-state index in [1.807, 2.05) is 37.3 Å².